The zero-order chi connectivity index (χ0) is 49.3. The molecule has 0 bridgehead atoms. The first-order chi connectivity index (χ1) is 34.2. The lowest BCUT2D eigenvalue weighted by Gasteiger charge is -2.39. The number of amides is 1. The Hall–Kier alpha value is -6.19. The van der Waals surface area contributed by atoms with E-state index in [9.17, 15) is 34.3 Å². The van der Waals surface area contributed by atoms with E-state index in [0.29, 0.717) is 43.5 Å². The third-order valence-electron chi connectivity index (χ3n) is 14.7. The molecule has 0 spiro atoms. The zero-order valence-electron chi connectivity index (χ0n) is 38.9. The number of carbonyl (C=O) groups is 2. The van der Waals surface area contributed by atoms with Gasteiger partial charge in [-0.25, -0.2) is 14.1 Å². The van der Waals surface area contributed by atoms with Crippen molar-refractivity contribution in [1.29, 1.82) is 0 Å². The van der Waals surface area contributed by atoms with Crippen LogP contribution in [0.1, 0.15) is 112 Å². The summed E-state index contributed by atoms with van der Waals surface area (Å²) in [5.74, 6) is -0.251. The third kappa shape index (κ3) is 8.66. The maximum atomic E-state index is 14.0. The number of H-pyrrole nitrogens is 1. The SMILES string of the molecule is Nc1nc2c(nc(NCCCCCCNC(=O)c3ccc(C(=O)[O-])c(C4=c5cc6c7c(c5Oc5c4cc4c8c5CCCN8CCC4)CCC[N+]=7CCC6)c3)n2[C@@H]2O[C@H](COP(=O)(O)O)[C@@H](O)[C@H]2O)c(=O)[nH]1. The highest BCUT2D eigenvalue weighted by atomic mass is 31.2. The predicted octanol–water partition coefficient (Wildman–Crippen LogP) is 0.631. The van der Waals surface area contributed by atoms with Gasteiger partial charge in [-0.05, 0) is 86.8 Å². The summed E-state index contributed by atoms with van der Waals surface area (Å²) in [6, 6.07) is 9.14. The number of unbranched alkanes of at least 4 members (excludes halogenated alkanes) is 3. The number of carboxylic acids is 1. The minimum atomic E-state index is -4.92. The smallest absolute Gasteiger partial charge is 0.469 e. The van der Waals surface area contributed by atoms with Gasteiger partial charge in [0.2, 0.25) is 17.3 Å². The number of nitrogens with two attached hydrogens (primary N) is 1. The lowest BCUT2D eigenvalue weighted by molar-refractivity contribution is -0.255. The minimum absolute atomic E-state index is 0.00853. The number of aliphatic hydroxyl groups excluding tert-OH is 2. The van der Waals surface area contributed by atoms with Gasteiger partial charge in [-0.2, -0.15) is 4.98 Å². The van der Waals surface area contributed by atoms with Crippen LogP contribution in [0.5, 0.6) is 11.5 Å². The van der Waals surface area contributed by atoms with Gasteiger partial charge < -0.3 is 60.6 Å². The van der Waals surface area contributed by atoms with Crippen LogP contribution in [0, 0.1) is 0 Å². The fourth-order valence-corrected chi connectivity index (χ4v) is 11.9. The third-order valence-corrected chi connectivity index (χ3v) is 15.2. The molecule has 1 amide bonds. The number of anilines is 3. The van der Waals surface area contributed by atoms with Crippen molar-refractivity contribution >= 4 is 54.0 Å². The first kappa shape index (κ1) is 47.2. The molecule has 5 aromatic rings. The van der Waals surface area contributed by atoms with Crippen LogP contribution >= 0.6 is 7.82 Å². The number of phosphoric ester groups is 1. The number of aromatic carboxylic acids is 1. The van der Waals surface area contributed by atoms with Crippen molar-refractivity contribution in [2.45, 2.75) is 102 Å². The van der Waals surface area contributed by atoms with Crippen LogP contribution in [0.25, 0.3) is 16.7 Å². The molecule has 9 N–H and O–H groups in total. The fraction of sp³-hybridized carbons (Fsp3) is 0.469. The van der Waals surface area contributed by atoms with E-state index in [1.807, 2.05) is 0 Å². The van der Waals surface area contributed by atoms with E-state index in [-0.39, 0.29) is 34.5 Å². The molecule has 0 saturated carbocycles. The number of fused-ring (bicyclic) bond motifs is 5. The molecule has 374 valence electrons. The molecule has 0 radical (unpaired) electrons. The Morgan fingerprint density at radius 2 is 1.66 bits per heavy atom. The predicted molar refractivity (Wildman–Crippen MR) is 257 cm³/mol. The van der Waals surface area contributed by atoms with Crippen LogP contribution in [-0.2, 0) is 39.5 Å². The number of aromatic amines is 1. The average Bonchev–Trinajstić information content (AvgIpc) is 3.85. The normalized spacial score (nSPS) is 21.0. The highest BCUT2D eigenvalue weighted by Gasteiger charge is 2.46. The van der Waals surface area contributed by atoms with Gasteiger partial charge in [0.1, 0.15) is 42.9 Å². The first-order valence-electron chi connectivity index (χ1n) is 24.5. The van der Waals surface area contributed by atoms with Gasteiger partial charge in [0.25, 0.3) is 11.5 Å². The molecule has 1 fully saturated rings. The van der Waals surface area contributed by atoms with Crippen molar-refractivity contribution in [1.82, 2.24) is 29.4 Å². The summed E-state index contributed by atoms with van der Waals surface area (Å²) in [5.41, 5.74) is 13.4. The second-order valence-electron chi connectivity index (χ2n) is 19.3. The molecule has 6 aliphatic rings. The highest BCUT2D eigenvalue weighted by Crippen LogP contribution is 2.49. The van der Waals surface area contributed by atoms with Crippen LogP contribution in [0.15, 0.2) is 35.1 Å². The van der Waals surface area contributed by atoms with Crippen LogP contribution in [-0.4, -0.2) is 116 Å². The molecule has 4 atom stereocenters. The number of hydrogen-bond donors (Lipinski definition) is 8. The van der Waals surface area contributed by atoms with Crippen LogP contribution in [0.3, 0.4) is 0 Å². The number of phosphoric acid groups is 1. The number of carboxylic acid groups (broad SMARTS) is 1. The summed E-state index contributed by atoms with van der Waals surface area (Å²) in [4.78, 5) is 71.5. The van der Waals surface area contributed by atoms with Gasteiger partial charge in [-0.3, -0.25) is 23.7 Å². The van der Waals surface area contributed by atoms with E-state index in [4.69, 9.17) is 25.0 Å². The molecular weight excluding hydrogens is 938 g/mol. The number of aryl methyl sites for hydroxylation is 2. The second kappa shape index (κ2) is 18.8. The maximum Gasteiger partial charge on any atom is 0.469 e. The Bertz CT molecular complexity index is 3250. The van der Waals surface area contributed by atoms with Crippen molar-refractivity contribution in [2.24, 2.45) is 0 Å². The van der Waals surface area contributed by atoms with Gasteiger partial charge in [-0.1, -0.05) is 18.9 Å². The van der Waals surface area contributed by atoms with E-state index in [2.05, 4.69) is 51.7 Å². The number of aromatic nitrogens is 4. The average molecular weight is 994 g/mol. The molecule has 6 aliphatic heterocycles. The molecule has 0 unspecified atom stereocenters. The topological polar surface area (TPSA) is 303 Å². The second-order valence-corrected chi connectivity index (χ2v) is 20.5. The molecule has 21 nitrogen and oxygen atoms in total. The molecular formula is C49H56N9O12P. The quantitative estimate of drug-likeness (QED) is 0.0398. The van der Waals surface area contributed by atoms with Gasteiger partial charge in [0.15, 0.2) is 17.4 Å². The number of hydrogen-bond acceptors (Lipinski definition) is 15. The number of carbonyl (C=O) groups excluding carboxylic acids is 2. The van der Waals surface area contributed by atoms with Gasteiger partial charge >= 0.3 is 7.82 Å². The van der Waals surface area contributed by atoms with Crippen molar-refractivity contribution in [3.8, 4) is 11.5 Å². The molecule has 1 saturated heterocycles. The van der Waals surface area contributed by atoms with Gasteiger partial charge in [0.05, 0.1) is 18.1 Å². The maximum absolute atomic E-state index is 14.0. The van der Waals surface area contributed by atoms with Gasteiger partial charge in [-0.15, -0.1) is 0 Å². The molecule has 2 aromatic heterocycles. The summed E-state index contributed by atoms with van der Waals surface area (Å²) in [6.45, 7) is 3.95. The first-order valence-corrected chi connectivity index (χ1v) is 26.1. The summed E-state index contributed by atoms with van der Waals surface area (Å²) in [5, 5.41) is 42.9. The van der Waals surface area contributed by atoms with Crippen LogP contribution < -0.4 is 51.8 Å². The van der Waals surface area contributed by atoms with E-state index in [1.54, 1.807) is 6.07 Å². The van der Waals surface area contributed by atoms with Gasteiger partial charge in [0, 0.05) is 83.3 Å². The van der Waals surface area contributed by atoms with Crippen molar-refractivity contribution in [3.63, 3.8) is 0 Å². The molecule has 71 heavy (non-hydrogen) atoms. The Morgan fingerprint density at radius 1 is 0.915 bits per heavy atom. The number of imidazole rings is 1. The van der Waals surface area contributed by atoms with E-state index in [0.717, 1.165) is 112 Å². The minimum Gasteiger partial charge on any atom is -0.545 e. The number of nitrogens with zero attached hydrogens (tertiary/aromatic N) is 5. The molecule has 11 rings (SSSR count). The number of aliphatic hydroxyl groups is 2. The lowest BCUT2D eigenvalue weighted by Crippen LogP contribution is -2.45. The largest absolute Gasteiger partial charge is 0.545 e. The van der Waals surface area contributed by atoms with Crippen molar-refractivity contribution in [2.75, 3.05) is 61.8 Å². The summed E-state index contributed by atoms with van der Waals surface area (Å²) in [7, 11) is -4.92. The monoisotopic (exact) mass is 993 g/mol. The van der Waals surface area contributed by atoms with E-state index >= 15 is 0 Å². The summed E-state index contributed by atoms with van der Waals surface area (Å²) < 4.78 is 32.5. The number of rotatable bonds is 15. The highest BCUT2D eigenvalue weighted by molar-refractivity contribution is 7.46. The number of ether oxygens (including phenoxy) is 2. The van der Waals surface area contributed by atoms with Crippen LogP contribution in [0.2, 0.25) is 0 Å². The Balaban J connectivity index is 0.807. The molecule has 0 aliphatic carbocycles. The van der Waals surface area contributed by atoms with E-state index < -0.39 is 50.5 Å². The Kier molecular flexibility index (Phi) is 12.5. The van der Waals surface area contributed by atoms with Crippen molar-refractivity contribution < 1.29 is 53.3 Å². The molecule has 22 heteroatoms. The van der Waals surface area contributed by atoms with Crippen LogP contribution in [0.4, 0.5) is 17.6 Å². The molecule has 3 aromatic carbocycles. The van der Waals surface area contributed by atoms with E-state index in [1.165, 1.54) is 50.0 Å². The molecule has 8 heterocycles. The summed E-state index contributed by atoms with van der Waals surface area (Å²) >= 11 is 0. The standard InChI is InChI=1S/C49H56N9O12P/c50-48-54-43-36(45(62)55-48)53-49(58(43)46-40(60)39(59)34(69-46)24-68-71(65,66)67)52-16-4-2-1-3-15-51-44(61)27-13-14-28(47(63)64)31(23-27)35-32-21-25-9-5-17-56-19-7-11-29(37(25)56)41(32)70-42-30-12-8-20-57-18-6-10-26(38(30)57)22-33(35)42/h13-14,21-23,34,39-40,46,59-60H,1-12,15-20,24H2,(H7-,50,51,52,53,54,55,61,62,63,64,65,66,67)/t34-,39-,40-,46-/m1/s1. The Morgan fingerprint density at radius 3 is 2.45 bits per heavy atom. The zero-order valence-corrected chi connectivity index (χ0v) is 39.8. The number of benzene rings is 3. The Labute approximate surface area is 406 Å². The summed E-state index contributed by atoms with van der Waals surface area (Å²) in [6.07, 6.45) is 4.33. The lowest BCUT2D eigenvalue weighted by atomic mass is 9.81. The number of nitrogen functional groups attached to an aromatic ring is 1. The fourth-order valence-electron chi connectivity index (χ4n) is 11.6. The number of nitrogens with one attached hydrogen (secondary N) is 3. The van der Waals surface area contributed by atoms with Crippen molar-refractivity contribution in [3.05, 3.63) is 95.8 Å².